The highest BCUT2D eigenvalue weighted by molar-refractivity contribution is 9.10. The molecule has 4 nitrogen and oxygen atoms in total. The average Bonchev–Trinajstić information content (AvgIpc) is 2.48. The topological polar surface area (TPSA) is 47.6 Å². The third-order valence-corrected chi connectivity index (χ3v) is 3.60. The second-order valence-corrected chi connectivity index (χ2v) is 5.43. The Bertz CT molecular complexity index is 691. The quantitative estimate of drug-likeness (QED) is 0.808. The van der Waals surface area contributed by atoms with Gasteiger partial charge in [-0.25, -0.2) is 4.39 Å². The fourth-order valence-electron chi connectivity index (χ4n) is 1.92. The van der Waals surface area contributed by atoms with Crippen LogP contribution in [0.2, 0.25) is 0 Å². The van der Waals surface area contributed by atoms with E-state index in [9.17, 15) is 9.18 Å². The lowest BCUT2D eigenvalue weighted by Gasteiger charge is -2.14. The number of hydrogen-bond donors (Lipinski definition) is 1. The molecule has 2 aromatic carbocycles. The van der Waals surface area contributed by atoms with Gasteiger partial charge in [-0.15, -0.1) is 0 Å². The maximum atomic E-state index is 13.5. The van der Waals surface area contributed by atoms with Crippen LogP contribution in [0.25, 0.3) is 0 Å². The molecule has 0 saturated carbocycles. The maximum Gasteiger partial charge on any atom is 0.256 e. The summed E-state index contributed by atoms with van der Waals surface area (Å²) in [5.74, 6) is -0.588. The molecule has 0 atom stereocenters. The molecule has 0 aliphatic carbocycles. The van der Waals surface area contributed by atoms with Gasteiger partial charge in [-0.05, 0) is 40.5 Å². The van der Waals surface area contributed by atoms with Gasteiger partial charge < -0.3 is 14.8 Å². The van der Waals surface area contributed by atoms with Crippen LogP contribution in [0.15, 0.2) is 40.9 Å². The Hall–Kier alpha value is -1.92. The largest absolute Gasteiger partial charge is 0.465 e. The van der Waals surface area contributed by atoms with E-state index >= 15 is 0 Å². The molecule has 0 bridgehead atoms. The maximum absolute atomic E-state index is 13.5. The van der Waals surface area contributed by atoms with E-state index in [4.69, 9.17) is 9.47 Å². The first kappa shape index (κ1) is 16.5. The highest BCUT2D eigenvalue weighted by Crippen LogP contribution is 2.34. The van der Waals surface area contributed by atoms with E-state index in [0.717, 1.165) is 5.56 Å². The Morgan fingerprint density at radius 1 is 1.32 bits per heavy atom. The predicted octanol–water partition coefficient (Wildman–Crippen LogP) is 4.13. The summed E-state index contributed by atoms with van der Waals surface area (Å²) in [6, 6.07) is 9.65. The average molecular weight is 368 g/mol. The van der Waals surface area contributed by atoms with E-state index in [-0.39, 0.29) is 18.4 Å². The first-order valence-electron chi connectivity index (χ1n) is 6.50. The first-order valence-corrected chi connectivity index (χ1v) is 7.30. The third-order valence-electron chi connectivity index (χ3n) is 2.98. The number of halogens is 2. The zero-order chi connectivity index (χ0) is 16.1. The predicted molar refractivity (Wildman–Crippen MR) is 85.7 cm³/mol. The molecule has 2 aromatic rings. The number of hydrogen-bond acceptors (Lipinski definition) is 3. The monoisotopic (exact) mass is 367 g/mol. The fourth-order valence-corrected chi connectivity index (χ4v) is 2.43. The number of aryl methyl sites for hydroxylation is 1. The molecule has 1 N–H and O–H groups in total. The molecule has 0 aliphatic heterocycles. The molecule has 1 amide bonds. The standard InChI is InChI=1S/C16H15BrFNO3/c1-10-5-3-4-6-12(10)16(20)19-15-13(17)7-11(18)8-14(15)22-9-21-2/h3-8H,9H2,1-2H3,(H,19,20). The highest BCUT2D eigenvalue weighted by Gasteiger charge is 2.16. The van der Waals surface area contributed by atoms with Crippen LogP contribution < -0.4 is 10.1 Å². The Balaban J connectivity index is 2.32. The lowest BCUT2D eigenvalue weighted by molar-refractivity contribution is 0.0513. The van der Waals surface area contributed by atoms with Gasteiger partial charge in [0.1, 0.15) is 11.6 Å². The van der Waals surface area contributed by atoms with E-state index in [1.165, 1.54) is 19.2 Å². The van der Waals surface area contributed by atoms with E-state index < -0.39 is 5.82 Å². The van der Waals surface area contributed by atoms with Crippen molar-refractivity contribution in [3.63, 3.8) is 0 Å². The minimum Gasteiger partial charge on any atom is -0.465 e. The van der Waals surface area contributed by atoms with Crippen molar-refractivity contribution in [2.75, 3.05) is 19.2 Å². The van der Waals surface area contributed by atoms with Crippen molar-refractivity contribution in [1.29, 1.82) is 0 Å². The summed E-state index contributed by atoms with van der Waals surface area (Å²) in [5, 5.41) is 2.74. The number of benzene rings is 2. The number of carbonyl (C=O) groups is 1. The van der Waals surface area contributed by atoms with Gasteiger partial charge in [0.25, 0.3) is 5.91 Å². The molecule has 22 heavy (non-hydrogen) atoms. The fraction of sp³-hybridized carbons (Fsp3) is 0.188. The van der Waals surface area contributed by atoms with Gasteiger partial charge in [-0.2, -0.15) is 0 Å². The van der Waals surface area contributed by atoms with E-state index in [0.29, 0.717) is 15.7 Å². The van der Waals surface area contributed by atoms with Crippen LogP contribution in [0.4, 0.5) is 10.1 Å². The van der Waals surface area contributed by atoms with Gasteiger partial charge in [0, 0.05) is 23.2 Å². The van der Waals surface area contributed by atoms with Crippen LogP contribution in [0.5, 0.6) is 5.75 Å². The number of nitrogens with one attached hydrogen (secondary N) is 1. The van der Waals surface area contributed by atoms with Crippen molar-refractivity contribution in [3.05, 3.63) is 57.8 Å². The zero-order valence-electron chi connectivity index (χ0n) is 12.2. The van der Waals surface area contributed by atoms with E-state index in [1.54, 1.807) is 12.1 Å². The minimum absolute atomic E-state index is 0.0525. The number of ether oxygens (including phenoxy) is 2. The summed E-state index contributed by atoms with van der Waals surface area (Å²) in [6.07, 6.45) is 0. The third kappa shape index (κ3) is 3.84. The normalized spacial score (nSPS) is 10.4. The lowest BCUT2D eigenvalue weighted by Crippen LogP contribution is -2.15. The Morgan fingerprint density at radius 2 is 2.05 bits per heavy atom. The Labute approximate surface area is 136 Å². The van der Waals surface area contributed by atoms with Crippen LogP contribution in [-0.2, 0) is 4.74 Å². The number of carbonyl (C=O) groups excluding carboxylic acids is 1. The van der Waals surface area contributed by atoms with Crippen molar-refractivity contribution < 1.29 is 18.7 Å². The Kier molecular flexibility index (Phi) is 5.51. The van der Waals surface area contributed by atoms with Gasteiger partial charge in [-0.3, -0.25) is 4.79 Å². The molecule has 6 heteroatoms. The van der Waals surface area contributed by atoms with Gasteiger partial charge >= 0.3 is 0 Å². The molecule has 0 radical (unpaired) electrons. The molecule has 0 spiro atoms. The van der Waals surface area contributed by atoms with Gasteiger partial charge in [-0.1, -0.05) is 18.2 Å². The van der Waals surface area contributed by atoms with Gasteiger partial charge in [0.2, 0.25) is 0 Å². The van der Waals surface area contributed by atoms with E-state index in [2.05, 4.69) is 21.2 Å². The lowest BCUT2D eigenvalue weighted by atomic mass is 10.1. The molecular weight excluding hydrogens is 353 g/mol. The zero-order valence-corrected chi connectivity index (χ0v) is 13.7. The summed E-state index contributed by atoms with van der Waals surface area (Å²) < 4.78 is 24.0. The second-order valence-electron chi connectivity index (χ2n) is 4.58. The molecule has 0 heterocycles. The van der Waals surface area contributed by atoms with Crippen LogP contribution in [-0.4, -0.2) is 19.8 Å². The summed E-state index contributed by atoms with van der Waals surface area (Å²) >= 11 is 3.23. The van der Waals surface area contributed by atoms with Crippen LogP contribution in [0.3, 0.4) is 0 Å². The molecule has 0 aromatic heterocycles. The Morgan fingerprint density at radius 3 is 2.73 bits per heavy atom. The summed E-state index contributed by atoms with van der Waals surface area (Å²) in [5.41, 5.74) is 1.74. The number of rotatable bonds is 5. The molecule has 0 aliphatic rings. The first-order chi connectivity index (χ1) is 10.5. The summed E-state index contributed by atoms with van der Waals surface area (Å²) in [6.45, 7) is 1.79. The summed E-state index contributed by atoms with van der Waals surface area (Å²) in [7, 11) is 1.46. The summed E-state index contributed by atoms with van der Waals surface area (Å²) in [4.78, 5) is 12.4. The van der Waals surface area contributed by atoms with Crippen molar-refractivity contribution in [3.8, 4) is 5.75 Å². The number of anilines is 1. The van der Waals surface area contributed by atoms with Crippen molar-refractivity contribution in [1.82, 2.24) is 0 Å². The smallest absolute Gasteiger partial charge is 0.256 e. The molecule has 0 unspecified atom stereocenters. The SMILES string of the molecule is COCOc1cc(F)cc(Br)c1NC(=O)c1ccccc1C. The molecule has 0 fully saturated rings. The molecule has 2 rings (SSSR count). The number of methoxy groups -OCH3 is 1. The number of amides is 1. The highest BCUT2D eigenvalue weighted by atomic mass is 79.9. The van der Waals surface area contributed by atoms with Gasteiger partial charge in [0.05, 0.1) is 5.69 Å². The molecule has 0 saturated heterocycles. The van der Waals surface area contributed by atoms with Gasteiger partial charge in [0.15, 0.2) is 6.79 Å². The second kappa shape index (κ2) is 7.38. The molecule has 116 valence electrons. The van der Waals surface area contributed by atoms with Crippen molar-refractivity contribution in [2.24, 2.45) is 0 Å². The van der Waals surface area contributed by atoms with E-state index in [1.807, 2.05) is 19.1 Å². The van der Waals surface area contributed by atoms with Crippen LogP contribution in [0, 0.1) is 12.7 Å². The molecular formula is C16H15BrFNO3. The van der Waals surface area contributed by atoms with Crippen molar-refractivity contribution >= 4 is 27.5 Å². The minimum atomic E-state index is -0.480. The van der Waals surface area contributed by atoms with Crippen LogP contribution >= 0.6 is 15.9 Å². The van der Waals surface area contributed by atoms with Crippen LogP contribution in [0.1, 0.15) is 15.9 Å². The van der Waals surface area contributed by atoms with Crippen molar-refractivity contribution in [2.45, 2.75) is 6.92 Å².